The monoisotopic (exact) mass is 344 g/mol. The van der Waals surface area contributed by atoms with Crippen LogP contribution < -0.4 is 5.32 Å². The number of rotatable bonds is 5. The van der Waals surface area contributed by atoms with E-state index in [9.17, 15) is 4.79 Å². The van der Waals surface area contributed by atoms with Crippen molar-refractivity contribution in [2.75, 3.05) is 5.32 Å². The van der Waals surface area contributed by atoms with Crippen molar-refractivity contribution in [3.05, 3.63) is 36.2 Å². The van der Waals surface area contributed by atoms with E-state index in [2.05, 4.69) is 53.0 Å². The molecule has 1 aromatic heterocycles. The van der Waals surface area contributed by atoms with Crippen LogP contribution in [0.25, 0.3) is 0 Å². The highest BCUT2D eigenvalue weighted by molar-refractivity contribution is 8.00. The molecule has 0 aliphatic heterocycles. The molecule has 0 bridgehead atoms. The molecule has 0 spiro atoms. The second-order valence-electron chi connectivity index (χ2n) is 7.33. The fourth-order valence-corrected chi connectivity index (χ4v) is 3.32. The van der Waals surface area contributed by atoms with Crippen molar-refractivity contribution in [2.24, 2.45) is 0 Å². The summed E-state index contributed by atoms with van der Waals surface area (Å²) in [6.07, 6.45) is 4.11. The number of benzene rings is 1. The van der Waals surface area contributed by atoms with E-state index >= 15 is 0 Å². The lowest BCUT2D eigenvalue weighted by atomic mass is 9.87. The Hall–Kier alpha value is -1.82. The Kier molecular flexibility index (Phi) is 4.67. The molecule has 1 heterocycles. The van der Waals surface area contributed by atoms with Crippen molar-refractivity contribution in [3.63, 3.8) is 0 Å². The minimum atomic E-state index is -0.228. The first-order valence-corrected chi connectivity index (χ1v) is 9.20. The number of carbonyl (C=O) groups excluding carboxylic acids is 1. The lowest BCUT2D eigenvalue weighted by molar-refractivity contribution is -0.115. The molecule has 2 aromatic rings. The van der Waals surface area contributed by atoms with Gasteiger partial charge in [-0.3, -0.25) is 4.79 Å². The van der Waals surface area contributed by atoms with Crippen LogP contribution in [0.5, 0.6) is 0 Å². The second-order valence-corrected chi connectivity index (χ2v) is 8.64. The van der Waals surface area contributed by atoms with Crippen LogP contribution in [0.2, 0.25) is 0 Å². The number of amides is 1. The minimum absolute atomic E-state index is 0.0196. The quantitative estimate of drug-likeness (QED) is 0.832. The molecule has 1 aromatic carbocycles. The number of thioether (sulfide) groups is 1. The number of hydrogen-bond acceptors (Lipinski definition) is 4. The van der Waals surface area contributed by atoms with Crippen LogP contribution in [0.4, 0.5) is 5.69 Å². The van der Waals surface area contributed by atoms with E-state index < -0.39 is 0 Å². The third-order valence-electron chi connectivity index (χ3n) is 4.15. The maximum absolute atomic E-state index is 12.4. The summed E-state index contributed by atoms with van der Waals surface area (Å²) >= 11 is 1.46. The van der Waals surface area contributed by atoms with Gasteiger partial charge in [0.2, 0.25) is 5.91 Å². The number of anilines is 1. The molecule has 1 aliphatic carbocycles. The lowest BCUT2D eigenvalue weighted by Gasteiger charge is -2.19. The van der Waals surface area contributed by atoms with Crippen LogP contribution in [-0.2, 0) is 10.2 Å². The highest BCUT2D eigenvalue weighted by Gasteiger charge is 2.28. The van der Waals surface area contributed by atoms with E-state index in [-0.39, 0.29) is 16.6 Å². The van der Waals surface area contributed by atoms with Gasteiger partial charge in [-0.1, -0.05) is 44.7 Å². The first kappa shape index (κ1) is 17.0. The maximum Gasteiger partial charge on any atom is 0.237 e. The van der Waals surface area contributed by atoms with Crippen molar-refractivity contribution >= 4 is 23.4 Å². The SMILES string of the molecule is CC(Sc1nncn1C1CC1)C(=O)Nc1ccc(C(C)(C)C)cc1. The summed E-state index contributed by atoms with van der Waals surface area (Å²) in [5.41, 5.74) is 2.18. The third-order valence-corrected chi connectivity index (χ3v) is 5.22. The highest BCUT2D eigenvalue weighted by atomic mass is 32.2. The summed E-state index contributed by atoms with van der Waals surface area (Å²) in [5, 5.41) is 11.7. The average molecular weight is 344 g/mol. The number of carbonyl (C=O) groups is 1. The summed E-state index contributed by atoms with van der Waals surface area (Å²) in [6.45, 7) is 8.43. The van der Waals surface area contributed by atoms with E-state index in [0.717, 1.165) is 10.8 Å². The fourth-order valence-electron chi connectivity index (χ4n) is 2.43. The van der Waals surface area contributed by atoms with Crippen LogP contribution in [0.15, 0.2) is 35.7 Å². The predicted molar refractivity (Wildman–Crippen MR) is 97.4 cm³/mol. The van der Waals surface area contributed by atoms with Gasteiger partial charge >= 0.3 is 0 Å². The standard InChI is InChI=1S/C18H24N4OS/c1-12(24-17-21-19-11-22(17)15-9-10-15)16(23)20-14-7-5-13(6-8-14)18(2,3)4/h5-8,11-12,15H,9-10H2,1-4H3,(H,20,23). The summed E-state index contributed by atoms with van der Waals surface area (Å²) in [6, 6.07) is 8.57. The Morgan fingerprint density at radius 3 is 2.54 bits per heavy atom. The van der Waals surface area contributed by atoms with E-state index in [1.807, 2.05) is 19.1 Å². The molecule has 0 radical (unpaired) electrons. The summed E-state index contributed by atoms with van der Waals surface area (Å²) in [5.74, 6) is -0.0196. The van der Waals surface area contributed by atoms with E-state index in [1.54, 1.807) is 6.33 Å². The molecule has 1 fully saturated rings. The van der Waals surface area contributed by atoms with Gasteiger partial charge in [-0.05, 0) is 42.9 Å². The molecule has 0 saturated heterocycles. The van der Waals surface area contributed by atoms with Crippen molar-refractivity contribution in [2.45, 2.75) is 62.4 Å². The van der Waals surface area contributed by atoms with Gasteiger partial charge in [0, 0.05) is 11.7 Å². The molecule has 1 aliphatic rings. The first-order valence-electron chi connectivity index (χ1n) is 8.32. The number of nitrogens with one attached hydrogen (secondary N) is 1. The van der Waals surface area contributed by atoms with Crippen molar-refractivity contribution in [3.8, 4) is 0 Å². The van der Waals surface area contributed by atoms with Gasteiger partial charge in [0.1, 0.15) is 6.33 Å². The third kappa shape index (κ3) is 3.98. The fraction of sp³-hybridized carbons (Fsp3) is 0.500. The molecule has 6 heteroatoms. The second kappa shape index (κ2) is 6.59. The number of nitrogens with zero attached hydrogens (tertiary/aromatic N) is 3. The van der Waals surface area contributed by atoms with Gasteiger partial charge in [-0.2, -0.15) is 0 Å². The number of hydrogen-bond donors (Lipinski definition) is 1. The highest BCUT2D eigenvalue weighted by Crippen LogP contribution is 2.38. The molecule has 1 N–H and O–H groups in total. The Morgan fingerprint density at radius 1 is 1.29 bits per heavy atom. The maximum atomic E-state index is 12.4. The van der Waals surface area contributed by atoms with E-state index in [0.29, 0.717) is 6.04 Å². The van der Waals surface area contributed by atoms with Crippen LogP contribution in [0.3, 0.4) is 0 Å². The zero-order chi connectivity index (χ0) is 17.3. The van der Waals surface area contributed by atoms with Gasteiger partial charge in [-0.25, -0.2) is 0 Å². The molecular weight excluding hydrogens is 320 g/mol. The van der Waals surface area contributed by atoms with Gasteiger partial charge in [-0.15, -0.1) is 10.2 Å². The van der Waals surface area contributed by atoms with Gasteiger partial charge in [0.15, 0.2) is 5.16 Å². The summed E-state index contributed by atoms with van der Waals surface area (Å²) in [7, 11) is 0. The van der Waals surface area contributed by atoms with Crippen LogP contribution >= 0.6 is 11.8 Å². The minimum Gasteiger partial charge on any atom is -0.325 e. The molecule has 3 rings (SSSR count). The van der Waals surface area contributed by atoms with Gasteiger partial charge < -0.3 is 9.88 Å². The largest absolute Gasteiger partial charge is 0.325 e. The lowest BCUT2D eigenvalue weighted by Crippen LogP contribution is -2.23. The zero-order valence-corrected chi connectivity index (χ0v) is 15.4. The average Bonchev–Trinajstić information content (AvgIpc) is 3.27. The molecule has 24 heavy (non-hydrogen) atoms. The van der Waals surface area contributed by atoms with Gasteiger partial charge in [0.25, 0.3) is 0 Å². The molecule has 1 saturated carbocycles. The first-order chi connectivity index (χ1) is 11.3. The Morgan fingerprint density at radius 2 is 1.96 bits per heavy atom. The molecule has 1 atom stereocenters. The van der Waals surface area contributed by atoms with Crippen LogP contribution in [-0.4, -0.2) is 25.9 Å². The van der Waals surface area contributed by atoms with Crippen molar-refractivity contribution in [1.29, 1.82) is 0 Å². The number of aromatic nitrogens is 3. The van der Waals surface area contributed by atoms with Crippen molar-refractivity contribution < 1.29 is 4.79 Å². The Labute approximate surface area is 147 Å². The Balaban J connectivity index is 1.60. The normalized spacial score (nSPS) is 16.0. The topological polar surface area (TPSA) is 59.8 Å². The van der Waals surface area contributed by atoms with Crippen LogP contribution in [0.1, 0.15) is 52.1 Å². The zero-order valence-electron chi connectivity index (χ0n) is 14.6. The molecule has 5 nitrogen and oxygen atoms in total. The summed E-state index contributed by atoms with van der Waals surface area (Å²) in [4.78, 5) is 12.4. The van der Waals surface area contributed by atoms with Gasteiger partial charge in [0.05, 0.1) is 5.25 Å². The molecule has 128 valence electrons. The summed E-state index contributed by atoms with van der Waals surface area (Å²) < 4.78 is 2.08. The van der Waals surface area contributed by atoms with Crippen molar-refractivity contribution in [1.82, 2.24) is 14.8 Å². The molecular formula is C18H24N4OS. The molecule has 1 unspecified atom stereocenters. The van der Waals surface area contributed by atoms with E-state index in [1.165, 1.54) is 30.2 Å². The van der Waals surface area contributed by atoms with Crippen LogP contribution in [0, 0.1) is 0 Å². The molecule has 1 amide bonds. The predicted octanol–water partition coefficient (Wildman–Crippen LogP) is 4.03. The Bertz CT molecular complexity index is 713. The van der Waals surface area contributed by atoms with E-state index in [4.69, 9.17) is 0 Å². The smallest absolute Gasteiger partial charge is 0.237 e.